The SMILES string of the molecule is [CH2]C1Sc2cc(C)ccc2N(Cc2ccc(Cl)cc2)C(=O)[C@H]1NC(=O)OC(C)(C)C. The van der Waals surface area contributed by atoms with Gasteiger partial charge in [0, 0.05) is 15.2 Å². The maximum Gasteiger partial charge on any atom is 0.408 e. The van der Waals surface area contributed by atoms with Crippen molar-refractivity contribution in [2.75, 3.05) is 4.90 Å². The summed E-state index contributed by atoms with van der Waals surface area (Å²) in [5.74, 6) is -0.231. The first kappa shape index (κ1) is 22.5. The van der Waals surface area contributed by atoms with Gasteiger partial charge in [-0.3, -0.25) is 4.79 Å². The third kappa shape index (κ3) is 5.49. The second-order valence-corrected chi connectivity index (χ2v) is 10.0. The molecule has 2 aromatic rings. The minimum absolute atomic E-state index is 0.231. The summed E-state index contributed by atoms with van der Waals surface area (Å²) in [4.78, 5) is 28.6. The molecule has 5 nitrogen and oxygen atoms in total. The van der Waals surface area contributed by atoms with Crippen molar-refractivity contribution >= 4 is 41.1 Å². The predicted molar refractivity (Wildman–Crippen MR) is 122 cm³/mol. The number of hydrogen-bond donors (Lipinski definition) is 1. The molecule has 1 aliphatic rings. The molecule has 1 unspecified atom stereocenters. The summed E-state index contributed by atoms with van der Waals surface area (Å²) in [7, 11) is 0. The van der Waals surface area contributed by atoms with E-state index in [1.807, 2.05) is 37.3 Å². The van der Waals surface area contributed by atoms with Gasteiger partial charge in [-0.1, -0.05) is 29.8 Å². The molecule has 2 amide bonds. The van der Waals surface area contributed by atoms with Crippen LogP contribution >= 0.6 is 23.4 Å². The van der Waals surface area contributed by atoms with Crippen molar-refractivity contribution in [1.29, 1.82) is 0 Å². The summed E-state index contributed by atoms with van der Waals surface area (Å²) in [6.07, 6.45) is -0.635. The zero-order valence-corrected chi connectivity index (χ0v) is 19.1. The van der Waals surface area contributed by atoms with Gasteiger partial charge in [0.2, 0.25) is 0 Å². The standard InChI is InChI=1S/C23H26ClN2O3S/c1-14-6-11-18-19(12-14)30-15(2)20(25-22(28)29-23(3,4)5)21(27)26(18)13-16-7-9-17(24)10-8-16/h6-12,15,20H,2,13H2,1,3-5H3,(H,25,28)/t15?,20-/m0/s1. The van der Waals surface area contributed by atoms with Gasteiger partial charge in [-0.25, -0.2) is 4.79 Å². The van der Waals surface area contributed by atoms with E-state index >= 15 is 0 Å². The summed E-state index contributed by atoms with van der Waals surface area (Å²) in [6, 6.07) is 12.5. The highest BCUT2D eigenvalue weighted by Crippen LogP contribution is 2.39. The Hall–Kier alpha value is -2.18. The van der Waals surface area contributed by atoms with Crippen molar-refractivity contribution < 1.29 is 14.3 Å². The van der Waals surface area contributed by atoms with E-state index in [4.69, 9.17) is 16.3 Å². The van der Waals surface area contributed by atoms with Crippen LogP contribution in [0.2, 0.25) is 5.02 Å². The molecule has 0 aliphatic carbocycles. The molecule has 0 aromatic heterocycles. The molecule has 1 N–H and O–H groups in total. The molecule has 2 atom stereocenters. The van der Waals surface area contributed by atoms with E-state index in [1.165, 1.54) is 11.8 Å². The van der Waals surface area contributed by atoms with Crippen LogP contribution in [-0.2, 0) is 16.1 Å². The van der Waals surface area contributed by atoms with Crippen molar-refractivity contribution in [3.05, 3.63) is 65.5 Å². The Morgan fingerprint density at radius 3 is 2.53 bits per heavy atom. The van der Waals surface area contributed by atoms with Crippen LogP contribution < -0.4 is 10.2 Å². The Morgan fingerprint density at radius 2 is 1.90 bits per heavy atom. The lowest BCUT2D eigenvalue weighted by Gasteiger charge is -2.28. The minimum atomic E-state index is -0.829. The Kier molecular flexibility index (Phi) is 6.68. The number of nitrogens with zero attached hydrogens (tertiary/aromatic N) is 1. The van der Waals surface area contributed by atoms with Gasteiger partial charge < -0.3 is 15.0 Å². The fourth-order valence-corrected chi connectivity index (χ4v) is 4.47. The number of halogens is 1. The molecule has 3 rings (SSSR count). The fraction of sp³-hybridized carbons (Fsp3) is 0.348. The van der Waals surface area contributed by atoms with Gasteiger partial charge in [0.15, 0.2) is 0 Å². The Morgan fingerprint density at radius 1 is 1.23 bits per heavy atom. The first-order chi connectivity index (χ1) is 14.0. The van der Waals surface area contributed by atoms with Gasteiger partial charge in [-0.15, -0.1) is 11.8 Å². The highest BCUT2D eigenvalue weighted by molar-refractivity contribution is 8.00. The monoisotopic (exact) mass is 445 g/mol. The van der Waals surface area contributed by atoms with Crippen LogP contribution in [0.5, 0.6) is 0 Å². The normalized spacial score (nSPS) is 19.1. The number of benzene rings is 2. The van der Waals surface area contributed by atoms with Crippen molar-refractivity contribution in [3.8, 4) is 0 Å². The first-order valence-electron chi connectivity index (χ1n) is 9.69. The predicted octanol–water partition coefficient (Wildman–Crippen LogP) is 5.38. The Balaban J connectivity index is 1.95. The number of nitrogens with one attached hydrogen (secondary N) is 1. The van der Waals surface area contributed by atoms with Crippen LogP contribution in [0, 0.1) is 13.8 Å². The number of amides is 2. The lowest BCUT2D eigenvalue weighted by Crippen LogP contribution is -2.53. The molecule has 7 heteroatoms. The molecule has 0 fully saturated rings. The largest absolute Gasteiger partial charge is 0.444 e. The average Bonchev–Trinajstić information content (AvgIpc) is 2.72. The topological polar surface area (TPSA) is 58.6 Å². The van der Waals surface area contributed by atoms with Gasteiger partial charge in [0.25, 0.3) is 5.91 Å². The van der Waals surface area contributed by atoms with Crippen molar-refractivity contribution in [1.82, 2.24) is 5.32 Å². The number of thioether (sulfide) groups is 1. The number of carbonyl (C=O) groups excluding carboxylic acids is 2. The van der Waals surface area contributed by atoms with Gasteiger partial charge in [0.05, 0.1) is 12.2 Å². The van der Waals surface area contributed by atoms with Crippen molar-refractivity contribution in [2.45, 2.75) is 56.0 Å². The molecule has 0 saturated heterocycles. The summed E-state index contributed by atoms with van der Waals surface area (Å²) < 4.78 is 5.37. The third-order valence-corrected chi connectivity index (χ3v) is 5.92. The van der Waals surface area contributed by atoms with Gasteiger partial charge in [-0.05, 0) is 70.0 Å². The molecule has 30 heavy (non-hydrogen) atoms. The maximum atomic E-state index is 13.6. The molecule has 0 bridgehead atoms. The minimum Gasteiger partial charge on any atom is -0.444 e. The number of rotatable bonds is 3. The average molecular weight is 446 g/mol. The number of anilines is 1. The summed E-state index contributed by atoms with van der Waals surface area (Å²) in [5.41, 5.74) is 2.16. The molecule has 0 spiro atoms. The lowest BCUT2D eigenvalue weighted by molar-refractivity contribution is -0.120. The van der Waals surface area contributed by atoms with Crippen LogP contribution in [0.3, 0.4) is 0 Å². The number of ether oxygens (including phenoxy) is 1. The van der Waals surface area contributed by atoms with Crippen LogP contribution in [0.1, 0.15) is 31.9 Å². The zero-order chi connectivity index (χ0) is 22.1. The quantitative estimate of drug-likeness (QED) is 0.688. The zero-order valence-electron chi connectivity index (χ0n) is 17.6. The molecule has 0 saturated carbocycles. The van der Waals surface area contributed by atoms with Crippen LogP contribution in [0.15, 0.2) is 47.4 Å². The van der Waals surface area contributed by atoms with E-state index in [-0.39, 0.29) is 5.91 Å². The number of carbonyl (C=O) groups is 2. The van der Waals surface area contributed by atoms with Gasteiger partial charge in [-0.2, -0.15) is 0 Å². The van der Waals surface area contributed by atoms with E-state index in [0.717, 1.165) is 21.7 Å². The maximum absolute atomic E-state index is 13.6. The van der Waals surface area contributed by atoms with Crippen LogP contribution in [0.4, 0.5) is 10.5 Å². The molecule has 1 radical (unpaired) electrons. The van der Waals surface area contributed by atoms with Crippen LogP contribution in [-0.4, -0.2) is 28.9 Å². The second kappa shape index (κ2) is 8.90. The molecule has 1 heterocycles. The van der Waals surface area contributed by atoms with E-state index in [9.17, 15) is 9.59 Å². The van der Waals surface area contributed by atoms with Crippen molar-refractivity contribution in [3.63, 3.8) is 0 Å². The number of aryl methyl sites for hydroxylation is 1. The van der Waals surface area contributed by atoms with E-state index in [1.54, 1.807) is 37.8 Å². The summed E-state index contributed by atoms with van der Waals surface area (Å²) in [6.45, 7) is 11.9. The van der Waals surface area contributed by atoms with E-state index in [0.29, 0.717) is 11.6 Å². The number of hydrogen-bond acceptors (Lipinski definition) is 4. The highest BCUT2D eigenvalue weighted by Gasteiger charge is 2.37. The molecular weight excluding hydrogens is 420 g/mol. The van der Waals surface area contributed by atoms with Crippen LogP contribution in [0.25, 0.3) is 0 Å². The summed E-state index contributed by atoms with van der Waals surface area (Å²) >= 11 is 7.48. The first-order valence-corrected chi connectivity index (χ1v) is 10.9. The molecule has 1 aliphatic heterocycles. The van der Waals surface area contributed by atoms with Crippen molar-refractivity contribution in [2.24, 2.45) is 0 Å². The highest BCUT2D eigenvalue weighted by atomic mass is 35.5. The summed E-state index contributed by atoms with van der Waals surface area (Å²) in [5, 5.41) is 2.95. The van der Waals surface area contributed by atoms with Gasteiger partial charge >= 0.3 is 6.09 Å². The molecule has 2 aromatic carbocycles. The third-order valence-electron chi connectivity index (χ3n) is 4.51. The van der Waals surface area contributed by atoms with E-state index in [2.05, 4.69) is 12.2 Å². The van der Waals surface area contributed by atoms with E-state index < -0.39 is 23.0 Å². The smallest absolute Gasteiger partial charge is 0.408 e. The number of alkyl carbamates (subject to hydrolysis) is 1. The Bertz CT molecular complexity index is 940. The number of fused-ring (bicyclic) bond motifs is 1. The Labute approximate surface area is 187 Å². The lowest BCUT2D eigenvalue weighted by atomic mass is 10.1. The fourth-order valence-electron chi connectivity index (χ4n) is 3.14. The molecular formula is C23H26ClN2O3S. The molecule has 159 valence electrons. The van der Waals surface area contributed by atoms with Gasteiger partial charge in [0.1, 0.15) is 11.6 Å². The second-order valence-electron chi connectivity index (χ2n) is 8.30.